The average molecular weight is 269 g/mol. The molecule has 6 nitrogen and oxygen atoms in total. The summed E-state index contributed by atoms with van der Waals surface area (Å²) in [5, 5.41) is 3.88. The molecule has 3 rings (SSSR count). The van der Waals surface area contributed by atoms with Gasteiger partial charge in [0.05, 0.1) is 6.21 Å². The van der Waals surface area contributed by atoms with Gasteiger partial charge in [0.15, 0.2) is 11.5 Å². The first-order valence-corrected chi connectivity index (χ1v) is 5.97. The largest absolute Gasteiger partial charge is 0.454 e. The van der Waals surface area contributed by atoms with E-state index in [4.69, 9.17) is 9.47 Å². The Morgan fingerprint density at radius 3 is 3.00 bits per heavy atom. The van der Waals surface area contributed by atoms with E-state index < -0.39 is 0 Å². The Hall–Kier alpha value is -2.89. The summed E-state index contributed by atoms with van der Waals surface area (Å²) in [6.45, 7) is 0.229. The minimum absolute atomic E-state index is 0.229. The maximum Gasteiger partial charge on any atom is 0.289 e. The summed E-state index contributed by atoms with van der Waals surface area (Å²) in [5.41, 5.74) is 3.53. The van der Waals surface area contributed by atoms with Crippen molar-refractivity contribution in [2.75, 3.05) is 6.79 Å². The molecule has 0 bridgehead atoms. The molecular formula is C14H11N3O3. The summed E-state index contributed by atoms with van der Waals surface area (Å²) in [6, 6.07) is 10.5. The molecule has 0 saturated heterocycles. The Balaban J connectivity index is 1.65. The first-order valence-electron chi connectivity index (χ1n) is 5.97. The number of hydrogen-bond donors (Lipinski definition) is 1. The summed E-state index contributed by atoms with van der Waals surface area (Å²) < 4.78 is 10.5. The molecule has 0 spiro atoms. The van der Waals surface area contributed by atoms with Crippen molar-refractivity contribution in [2.45, 2.75) is 0 Å². The molecule has 20 heavy (non-hydrogen) atoms. The average Bonchev–Trinajstić information content (AvgIpc) is 2.95. The highest BCUT2D eigenvalue weighted by Crippen LogP contribution is 2.31. The zero-order valence-electron chi connectivity index (χ0n) is 10.4. The number of ether oxygens (including phenoxy) is 2. The lowest BCUT2D eigenvalue weighted by atomic mass is 10.2. The van der Waals surface area contributed by atoms with Gasteiger partial charge in [0.25, 0.3) is 5.91 Å². The molecule has 0 atom stereocenters. The second-order valence-electron chi connectivity index (χ2n) is 4.03. The van der Waals surface area contributed by atoms with Gasteiger partial charge in [-0.1, -0.05) is 6.07 Å². The SMILES string of the molecule is O=C(N/N=C/c1ccc2c(c1)OCO2)c1ccccn1. The van der Waals surface area contributed by atoms with Gasteiger partial charge >= 0.3 is 0 Å². The van der Waals surface area contributed by atoms with E-state index in [0.717, 1.165) is 5.56 Å². The van der Waals surface area contributed by atoms with Gasteiger partial charge in [-0.25, -0.2) is 5.43 Å². The number of aromatic nitrogens is 1. The van der Waals surface area contributed by atoms with Gasteiger partial charge < -0.3 is 9.47 Å². The van der Waals surface area contributed by atoms with Gasteiger partial charge in [0.2, 0.25) is 6.79 Å². The maximum atomic E-state index is 11.7. The van der Waals surface area contributed by atoms with Crippen LogP contribution in [0.25, 0.3) is 0 Å². The highest BCUT2D eigenvalue weighted by molar-refractivity contribution is 5.93. The molecule has 0 aliphatic carbocycles. The van der Waals surface area contributed by atoms with Gasteiger partial charge in [-0.15, -0.1) is 0 Å². The highest BCUT2D eigenvalue weighted by atomic mass is 16.7. The fourth-order valence-corrected chi connectivity index (χ4v) is 1.71. The quantitative estimate of drug-likeness (QED) is 0.678. The molecule has 100 valence electrons. The van der Waals surface area contributed by atoms with Crippen LogP contribution in [0.3, 0.4) is 0 Å². The highest BCUT2D eigenvalue weighted by Gasteiger charge is 2.12. The van der Waals surface area contributed by atoms with Crippen molar-refractivity contribution in [1.82, 2.24) is 10.4 Å². The molecular weight excluding hydrogens is 258 g/mol. The number of nitrogens with zero attached hydrogens (tertiary/aromatic N) is 2. The number of nitrogens with one attached hydrogen (secondary N) is 1. The minimum atomic E-state index is -0.359. The number of carbonyl (C=O) groups is 1. The summed E-state index contributed by atoms with van der Waals surface area (Å²) >= 11 is 0. The third-order valence-electron chi connectivity index (χ3n) is 2.67. The number of fused-ring (bicyclic) bond motifs is 1. The Morgan fingerprint density at radius 1 is 1.25 bits per heavy atom. The third kappa shape index (κ3) is 2.59. The van der Waals surface area contributed by atoms with Crippen molar-refractivity contribution in [3.05, 3.63) is 53.9 Å². The molecule has 1 aromatic heterocycles. The molecule has 1 N–H and O–H groups in total. The van der Waals surface area contributed by atoms with Crippen LogP contribution in [-0.2, 0) is 0 Å². The standard InChI is InChI=1S/C14H11N3O3/c18-14(11-3-1-2-6-15-11)17-16-8-10-4-5-12-13(7-10)20-9-19-12/h1-8H,9H2,(H,17,18)/b16-8+. The predicted octanol–water partition coefficient (Wildman–Crippen LogP) is 1.57. The van der Waals surface area contributed by atoms with E-state index in [2.05, 4.69) is 15.5 Å². The Morgan fingerprint density at radius 2 is 2.15 bits per heavy atom. The van der Waals surface area contributed by atoms with Crippen LogP contribution in [0.1, 0.15) is 16.1 Å². The summed E-state index contributed by atoms with van der Waals surface area (Å²) in [6.07, 6.45) is 3.08. The van der Waals surface area contributed by atoms with E-state index in [1.54, 1.807) is 36.5 Å². The van der Waals surface area contributed by atoms with Crippen molar-refractivity contribution in [2.24, 2.45) is 5.10 Å². The van der Waals surface area contributed by atoms with Crippen molar-refractivity contribution < 1.29 is 14.3 Å². The second kappa shape index (κ2) is 5.40. The Kier molecular flexibility index (Phi) is 3.28. The first kappa shape index (κ1) is 12.2. The Labute approximate surface area is 115 Å². The van der Waals surface area contributed by atoms with Crippen LogP contribution in [0.2, 0.25) is 0 Å². The maximum absolute atomic E-state index is 11.7. The molecule has 0 fully saturated rings. The fraction of sp³-hybridized carbons (Fsp3) is 0.0714. The van der Waals surface area contributed by atoms with Crippen LogP contribution in [-0.4, -0.2) is 23.9 Å². The number of hydrogen-bond acceptors (Lipinski definition) is 5. The van der Waals surface area contributed by atoms with Crippen molar-refractivity contribution in [3.63, 3.8) is 0 Å². The lowest BCUT2D eigenvalue weighted by molar-refractivity contribution is 0.0950. The first-order chi connectivity index (χ1) is 9.83. The van der Waals surface area contributed by atoms with E-state index in [1.807, 2.05) is 6.07 Å². The zero-order valence-corrected chi connectivity index (χ0v) is 10.4. The van der Waals surface area contributed by atoms with Crippen LogP contribution < -0.4 is 14.9 Å². The van der Waals surface area contributed by atoms with Crippen LogP contribution in [0, 0.1) is 0 Å². The van der Waals surface area contributed by atoms with Crippen LogP contribution in [0.4, 0.5) is 0 Å². The van der Waals surface area contributed by atoms with Gasteiger partial charge in [0.1, 0.15) is 5.69 Å². The lowest BCUT2D eigenvalue weighted by Crippen LogP contribution is -2.18. The predicted molar refractivity (Wildman–Crippen MR) is 71.9 cm³/mol. The molecule has 6 heteroatoms. The Bertz CT molecular complexity index is 656. The topological polar surface area (TPSA) is 72.8 Å². The van der Waals surface area contributed by atoms with Gasteiger partial charge in [-0.05, 0) is 35.9 Å². The van der Waals surface area contributed by atoms with E-state index in [1.165, 1.54) is 6.21 Å². The fourth-order valence-electron chi connectivity index (χ4n) is 1.71. The summed E-state index contributed by atoms with van der Waals surface area (Å²) in [7, 11) is 0. The second-order valence-corrected chi connectivity index (χ2v) is 4.03. The van der Waals surface area contributed by atoms with E-state index in [9.17, 15) is 4.79 Å². The van der Waals surface area contributed by atoms with Crippen LogP contribution in [0.15, 0.2) is 47.7 Å². The van der Waals surface area contributed by atoms with Crippen LogP contribution >= 0.6 is 0 Å². The van der Waals surface area contributed by atoms with E-state index in [0.29, 0.717) is 17.2 Å². The van der Waals surface area contributed by atoms with E-state index >= 15 is 0 Å². The van der Waals surface area contributed by atoms with E-state index in [-0.39, 0.29) is 12.7 Å². The number of pyridine rings is 1. The molecule has 0 saturated carbocycles. The number of amides is 1. The normalized spacial score (nSPS) is 12.6. The molecule has 1 aromatic carbocycles. The third-order valence-corrected chi connectivity index (χ3v) is 2.67. The zero-order chi connectivity index (χ0) is 13.8. The van der Waals surface area contributed by atoms with Crippen molar-refractivity contribution in [1.29, 1.82) is 0 Å². The van der Waals surface area contributed by atoms with Gasteiger partial charge in [-0.2, -0.15) is 5.10 Å². The van der Waals surface area contributed by atoms with Crippen molar-refractivity contribution in [3.8, 4) is 11.5 Å². The number of hydrazone groups is 1. The lowest BCUT2D eigenvalue weighted by Gasteiger charge is -1.99. The molecule has 0 unspecified atom stereocenters. The monoisotopic (exact) mass is 269 g/mol. The molecule has 0 radical (unpaired) electrons. The number of carbonyl (C=O) groups excluding carboxylic acids is 1. The van der Waals surface area contributed by atoms with Crippen LogP contribution in [0.5, 0.6) is 11.5 Å². The minimum Gasteiger partial charge on any atom is -0.454 e. The molecule has 2 heterocycles. The number of benzene rings is 1. The number of rotatable bonds is 3. The van der Waals surface area contributed by atoms with Gasteiger partial charge in [-0.3, -0.25) is 9.78 Å². The summed E-state index contributed by atoms with van der Waals surface area (Å²) in [5.74, 6) is 1.02. The summed E-state index contributed by atoms with van der Waals surface area (Å²) in [4.78, 5) is 15.6. The molecule has 1 amide bonds. The molecule has 1 aliphatic heterocycles. The molecule has 1 aliphatic rings. The van der Waals surface area contributed by atoms with Crippen molar-refractivity contribution >= 4 is 12.1 Å². The molecule has 2 aromatic rings. The van der Waals surface area contributed by atoms with Gasteiger partial charge in [0, 0.05) is 6.20 Å². The smallest absolute Gasteiger partial charge is 0.289 e.